The Balaban J connectivity index is 2.43. The number of rotatable bonds is 3. The van der Waals surface area contributed by atoms with Crippen molar-refractivity contribution in [1.29, 1.82) is 0 Å². The van der Waals surface area contributed by atoms with Crippen molar-refractivity contribution in [3.8, 4) is 6.01 Å². The highest BCUT2D eigenvalue weighted by molar-refractivity contribution is 5.59. The van der Waals surface area contributed by atoms with Crippen molar-refractivity contribution >= 4 is 17.6 Å². The molecule has 1 heterocycles. The van der Waals surface area contributed by atoms with Crippen LogP contribution in [0.25, 0.3) is 0 Å². The Labute approximate surface area is 112 Å². The Morgan fingerprint density at radius 2 is 1.68 bits per heavy atom. The Morgan fingerprint density at radius 1 is 1.05 bits per heavy atom. The molecule has 0 atom stereocenters. The van der Waals surface area contributed by atoms with Crippen LogP contribution in [0.1, 0.15) is 11.1 Å². The van der Waals surface area contributed by atoms with Gasteiger partial charge in [0.05, 0.1) is 7.11 Å². The van der Waals surface area contributed by atoms with Crippen LogP contribution in [0.15, 0.2) is 18.2 Å². The van der Waals surface area contributed by atoms with E-state index in [1.54, 1.807) is 0 Å². The third kappa shape index (κ3) is 2.90. The molecule has 6 nitrogen and oxygen atoms in total. The maximum Gasteiger partial charge on any atom is 0.322 e. The number of nitrogens with two attached hydrogens (primary N) is 1. The maximum atomic E-state index is 5.64. The third-order valence-corrected chi connectivity index (χ3v) is 2.70. The monoisotopic (exact) mass is 259 g/mol. The fraction of sp³-hybridized carbons (Fsp3) is 0.308. The summed E-state index contributed by atoms with van der Waals surface area (Å²) in [5.74, 6) is 0.590. The fourth-order valence-electron chi connectivity index (χ4n) is 1.86. The lowest BCUT2D eigenvalue weighted by molar-refractivity contribution is 0.379. The van der Waals surface area contributed by atoms with Crippen molar-refractivity contribution in [1.82, 2.24) is 15.0 Å². The largest absolute Gasteiger partial charge is 0.467 e. The zero-order chi connectivity index (χ0) is 14.0. The van der Waals surface area contributed by atoms with Crippen molar-refractivity contribution < 1.29 is 4.74 Å². The van der Waals surface area contributed by atoms with E-state index in [4.69, 9.17) is 10.5 Å². The summed E-state index contributed by atoms with van der Waals surface area (Å²) in [5.41, 5.74) is 8.99. The van der Waals surface area contributed by atoms with Crippen LogP contribution in [0.3, 0.4) is 0 Å². The van der Waals surface area contributed by atoms with Gasteiger partial charge in [-0.15, -0.1) is 0 Å². The van der Waals surface area contributed by atoms with Crippen LogP contribution in [0.2, 0.25) is 0 Å². The minimum atomic E-state index is 0.137. The molecule has 2 N–H and O–H groups in total. The summed E-state index contributed by atoms with van der Waals surface area (Å²) < 4.78 is 5.00. The molecule has 1 aromatic heterocycles. The van der Waals surface area contributed by atoms with Gasteiger partial charge in [-0.25, -0.2) is 0 Å². The van der Waals surface area contributed by atoms with Gasteiger partial charge in [0.25, 0.3) is 0 Å². The molecule has 0 saturated carbocycles. The average molecular weight is 259 g/mol. The van der Waals surface area contributed by atoms with Gasteiger partial charge in [-0.2, -0.15) is 15.0 Å². The van der Waals surface area contributed by atoms with E-state index < -0.39 is 0 Å². The number of nitrogen functional groups attached to an aromatic ring is 1. The average Bonchev–Trinajstić information content (AvgIpc) is 2.35. The van der Waals surface area contributed by atoms with E-state index in [2.05, 4.69) is 33.2 Å². The van der Waals surface area contributed by atoms with Crippen LogP contribution < -0.4 is 15.4 Å². The number of ether oxygens (including phenoxy) is 1. The third-order valence-electron chi connectivity index (χ3n) is 2.70. The summed E-state index contributed by atoms with van der Waals surface area (Å²) in [6.45, 7) is 4.10. The first kappa shape index (κ1) is 13.1. The van der Waals surface area contributed by atoms with Crippen molar-refractivity contribution in [3.63, 3.8) is 0 Å². The maximum absolute atomic E-state index is 5.64. The second kappa shape index (κ2) is 5.09. The summed E-state index contributed by atoms with van der Waals surface area (Å²) in [5, 5.41) is 0. The molecule has 6 heteroatoms. The summed E-state index contributed by atoms with van der Waals surface area (Å²) >= 11 is 0. The number of nitrogens with zero attached hydrogens (tertiary/aromatic N) is 4. The number of aryl methyl sites for hydroxylation is 2. The second-order valence-corrected chi connectivity index (χ2v) is 4.39. The molecule has 0 aliphatic heterocycles. The predicted molar refractivity (Wildman–Crippen MR) is 74.8 cm³/mol. The van der Waals surface area contributed by atoms with Crippen LogP contribution in [0, 0.1) is 13.8 Å². The predicted octanol–water partition coefficient (Wildman–Crippen LogP) is 1.85. The van der Waals surface area contributed by atoms with Gasteiger partial charge in [0.2, 0.25) is 11.9 Å². The van der Waals surface area contributed by atoms with Gasteiger partial charge in [-0.05, 0) is 37.1 Å². The highest BCUT2D eigenvalue weighted by Gasteiger charge is 2.11. The van der Waals surface area contributed by atoms with Gasteiger partial charge >= 0.3 is 6.01 Å². The van der Waals surface area contributed by atoms with Crippen LogP contribution in [0.5, 0.6) is 6.01 Å². The molecule has 19 heavy (non-hydrogen) atoms. The molecule has 100 valence electrons. The summed E-state index contributed by atoms with van der Waals surface area (Å²) in [6.07, 6.45) is 0. The lowest BCUT2D eigenvalue weighted by Crippen LogP contribution is -2.15. The van der Waals surface area contributed by atoms with Crippen molar-refractivity contribution in [2.75, 3.05) is 24.8 Å². The Hall–Kier alpha value is -2.37. The SMILES string of the molecule is COc1nc(N)nc(N(C)c2cc(C)cc(C)c2)n1. The van der Waals surface area contributed by atoms with E-state index in [-0.39, 0.29) is 12.0 Å². The van der Waals surface area contributed by atoms with Gasteiger partial charge in [-0.3, -0.25) is 0 Å². The minimum Gasteiger partial charge on any atom is -0.467 e. The van der Waals surface area contributed by atoms with E-state index in [1.165, 1.54) is 18.2 Å². The van der Waals surface area contributed by atoms with E-state index >= 15 is 0 Å². The molecule has 0 bridgehead atoms. The molecule has 0 saturated heterocycles. The van der Waals surface area contributed by atoms with E-state index in [0.29, 0.717) is 5.95 Å². The molecular formula is C13H17N5O. The van der Waals surface area contributed by atoms with E-state index in [0.717, 1.165) is 5.69 Å². The zero-order valence-electron chi connectivity index (χ0n) is 11.5. The summed E-state index contributed by atoms with van der Waals surface area (Å²) in [7, 11) is 3.37. The second-order valence-electron chi connectivity index (χ2n) is 4.39. The number of hydrogen-bond donors (Lipinski definition) is 1. The summed E-state index contributed by atoms with van der Waals surface area (Å²) in [4.78, 5) is 14.0. The fourth-order valence-corrected chi connectivity index (χ4v) is 1.86. The Bertz CT molecular complexity index is 579. The molecule has 0 radical (unpaired) electrons. The number of methoxy groups -OCH3 is 1. The van der Waals surface area contributed by atoms with E-state index in [1.807, 2.05) is 25.8 Å². The van der Waals surface area contributed by atoms with Crippen molar-refractivity contribution in [2.45, 2.75) is 13.8 Å². The minimum absolute atomic E-state index is 0.137. The molecule has 0 fully saturated rings. The van der Waals surface area contributed by atoms with E-state index in [9.17, 15) is 0 Å². The first-order chi connectivity index (χ1) is 8.99. The molecule has 0 aliphatic carbocycles. The smallest absolute Gasteiger partial charge is 0.322 e. The highest BCUT2D eigenvalue weighted by atomic mass is 16.5. The van der Waals surface area contributed by atoms with Crippen LogP contribution >= 0.6 is 0 Å². The molecule has 0 unspecified atom stereocenters. The molecule has 0 spiro atoms. The molecule has 1 aromatic carbocycles. The van der Waals surface area contributed by atoms with Crippen molar-refractivity contribution in [3.05, 3.63) is 29.3 Å². The number of aromatic nitrogens is 3. The van der Waals surface area contributed by atoms with Gasteiger partial charge in [0.15, 0.2) is 0 Å². The summed E-state index contributed by atoms with van der Waals surface area (Å²) in [6, 6.07) is 6.43. The molecule has 2 aromatic rings. The van der Waals surface area contributed by atoms with Crippen LogP contribution in [-0.2, 0) is 0 Å². The van der Waals surface area contributed by atoms with Crippen LogP contribution in [0.4, 0.5) is 17.6 Å². The quantitative estimate of drug-likeness (QED) is 0.906. The normalized spacial score (nSPS) is 10.3. The number of anilines is 3. The number of benzene rings is 1. The molecule has 2 rings (SSSR count). The Kier molecular flexibility index (Phi) is 3.50. The van der Waals surface area contributed by atoms with Gasteiger partial charge < -0.3 is 15.4 Å². The van der Waals surface area contributed by atoms with Crippen molar-refractivity contribution in [2.24, 2.45) is 0 Å². The van der Waals surface area contributed by atoms with Gasteiger partial charge in [-0.1, -0.05) is 6.07 Å². The zero-order valence-corrected chi connectivity index (χ0v) is 11.5. The Morgan fingerprint density at radius 3 is 2.26 bits per heavy atom. The lowest BCUT2D eigenvalue weighted by Gasteiger charge is -2.18. The molecule has 0 amide bonds. The van der Waals surface area contributed by atoms with Crippen LogP contribution in [-0.4, -0.2) is 29.1 Å². The molecule has 0 aliphatic rings. The lowest BCUT2D eigenvalue weighted by atomic mass is 10.1. The van der Waals surface area contributed by atoms with Gasteiger partial charge in [0.1, 0.15) is 0 Å². The number of hydrogen-bond acceptors (Lipinski definition) is 6. The highest BCUT2D eigenvalue weighted by Crippen LogP contribution is 2.24. The topological polar surface area (TPSA) is 77.2 Å². The standard InChI is InChI=1S/C13H17N5O/c1-8-5-9(2)7-10(6-8)18(3)12-15-11(14)16-13(17-12)19-4/h5-7H,1-4H3,(H2,14,15,16,17). The first-order valence-corrected chi connectivity index (χ1v) is 5.87. The van der Waals surface area contributed by atoms with Gasteiger partial charge in [0, 0.05) is 12.7 Å². The molecular weight excluding hydrogens is 242 g/mol. The first-order valence-electron chi connectivity index (χ1n) is 5.87.